The summed E-state index contributed by atoms with van der Waals surface area (Å²) in [5, 5.41) is 12.3. The third-order valence-electron chi connectivity index (χ3n) is 10.7. The molecular weight excluding hydrogens is 719 g/mol. The van der Waals surface area contributed by atoms with E-state index in [2.05, 4.69) is 4.98 Å². The van der Waals surface area contributed by atoms with Gasteiger partial charge in [-0.15, -0.1) is 0 Å². The summed E-state index contributed by atoms with van der Waals surface area (Å²) in [7, 11) is 2.62. The van der Waals surface area contributed by atoms with Crippen LogP contribution in [0.4, 0.5) is 29.1 Å². The minimum atomic E-state index is -4.83. The number of rotatable bonds is 5. The first kappa shape index (κ1) is 34.7. The van der Waals surface area contributed by atoms with Crippen molar-refractivity contribution in [1.82, 2.24) is 9.99 Å². The summed E-state index contributed by atoms with van der Waals surface area (Å²) in [5.41, 5.74) is -2.03. The van der Waals surface area contributed by atoms with E-state index in [9.17, 15) is 41.8 Å². The number of fused-ring (bicyclic) bond motifs is 4. The van der Waals surface area contributed by atoms with Gasteiger partial charge in [-0.25, -0.2) is 14.3 Å². The zero-order chi connectivity index (χ0) is 36.9. The molecule has 2 saturated heterocycles. The second kappa shape index (κ2) is 11.9. The van der Waals surface area contributed by atoms with Crippen molar-refractivity contribution < 1.29 is 46.6 Å². The van der Waals surface area contributed by atoms with E-state index in [1.54, 1.807) is 13.0 Å². The number of hydrazine groups is 1. The number of phenols is 1. The number of aromatic hydroxyl groups is 1. The molecule has 0 bridgehead atoms. The lowest BCUT2D eigenvalue weighted by molar-refractivity contribution is -0.141. The SMILES string of the molecule is COc1ccc(O)c([C@H]2C3=CC[C@@H]4C(=O)N(N(C)c5nc(C(F)(F)F)ccc5Cl)C(=O)[C@@H]4[C@@H]3C[C@H]3C(=O)N(c4ccc(F)c(Cl)c4)C(=O)[C@@]23C)c1. The van der Waals surface area contributed by atoms with Crippen molar-refractivity contribution in [3.05, 3.63) is 87.3 Å². The van der Waals surface area contributed by atoms with Crippen molar-refractivity contribution >= 4 is 58.3 Å². The molecule has 10 nitrogen and oxygen atoms in total. The van der Waals surface area contributed by atoms with Crippen LogP contribution in [-0.2, 0) is 25.4 Å². The first-order chi connectivity index (χ1) is 24.0. The maximum Gasteiger partial charge on any atom is 0.433 e. The highest BCUT2D eigenvalue weighted by molar-refractivity contribution is 6.33. The molecule has 1 N–H and O–H groups in total. The number of alkyl halides is 3. The average molecular weight is 748 g/mol. The molecule has 0 unspecified atom stereocenters. The molecule has 6 atom stereocenters. The number of anilines is 2. The first-order valence-electron chi connectivity index (χ1n) is 15.8. The number of hydrogen-bond donors (Lipinski definition) is 1. The Morgan fingerprint density at radius 2 is 1.71 bits per heavy atom. The van der Waals surface area contributed by atoms with Gasteiger partial charge >= 0.3 is 6.18 Å². The summed E-state index contributed by atoms with van der Waals surface area (Å²) in [6, 6.07) is 9.52. The predicted octanol–water partition coefficient (Wildman–Crippen LogP) is 6.54. The van der Waals surface area contributed by atoms with Gasteiger partial charge in [-0.05, 0) is 74.2 Å². The number of phenolic OH excluding ortho intramolecular Hbond substituents is 1. The van der Waals surface area contributed by atoms with E-state index in [1.165, 1.54) is 38.4 Å². The van der Waals surface area contributed by atoms with Crippen LogP contribution in [0.2, 0.25) is 10.0 Å². The maximum atomic E-state index is 14.6. The van der Waals surface area contributed by atoms with Gasteiger partial charge in [0, 0.05) is 18.5 Å². The number of allylic oxidation sites excluding steroid dienone is 2. The second-order valence-corrected chi connectivity index (χ2v) is 14.0. The van der Waals surface area contributed by atoms with Crippen molar-refractivity contribution in [2.75, 3.05) is 24.1 Å². The third kappa shape index (κ3) is 5.08. The van der Waals surface area contributed by atoms with Crippen molar-refractivity contribution in [2.45, 2.75) is 31.9 Å². The van der Waals surface area contributed by atoms with E-state index in [0.29, 0.717) is 17.4 Å². The fraction of sp³-hybridized carbons (Fsp3) is 0.343. The largest absolute Gasteiger partial charge is 0.508 e. The molecule has 51 heavy (non-hydrogen) atoms. The molecule has 266 valence electrons. The smallest absolute Gasteiger partial charge is 0.433 e. The minimum absolute atomic E-state index is 0.0105. The number of pyridine rings is 1. The predicted molar refractivity (Wildman–Crippen MR) is 175 cm³/mol. The zero-order valence-electron chi connectivity index (χ0n) is 27.0. The Hall–Kier alpha value is -4.69. The highest BCUT2D eigenvalue weighted by atomic mass is 35.5. The quantitative estimate of drug-likeness (QED) is 0.178. The lowest BCUT2D eigenvalue weighted by atomic mass is 9.51. The summed E-state index contributed by atoms with van der Waals surface area (Å²) in [6.45, 7) is 1.60. The van der Waals surface area contributed by atoms with E-state index in [4.69, 9.17) is 27.9 Å². The Labute approximate surface area is 298 Å². The van der Waals surface area contributed by atoms with E-state index in [0.717, 1.165) is 33.1 Å². The highest BCUT2D eigenvalue weighted by Gasteiger charge is 2.68. The molecule has 3 heterocycles. The van der Waals surface area contributed by atoms with Gasteiger partial charge < -0.3 is 9.84 Å². The molecule has 1 saturated carbocycles. The lowest BCUT2D eigenvalue weighted by Gasteiger charge is -2.49. The molecule has 7 rings (SSSR count). The van der Waals surface area contributed by atoms with Crippen LogP contribution in [0.5, 0.6) is 11.5 Å². The van der Waals surface area contributed by atoms with Gasteiger partial charge in [0.25, 0.3) is 11.8 Å². The number of ether oxygens (including phenoxy) is 1. The Morgan fingerprint density at radius 1 is 0.980 bits per heavy atom. The number of carbonyl (C=O) groups is 4. The van der Waals surface area contributed by atoms with Gasteiger partial charge in [-0.3, -0.25) is 24.2 Å². The Kier molecular flexibility index (Phi) is 8.14. The second-order valence-electron chi connectivity index (χ2n) is 13.2. The van der Waals surface area contributed by atoms with Gasteiger partial charge in [-0.2, -0.15) is 18.2 Å². The van der Waals surface area contributed by atoms with E-state index >= 15 is 0 Å². The van der Waals surface area contributed by atoms with Crippen LogP contribution < -0.4 is 14.6 Å². The number of aromatic nitrogens is 1. The number of halogens is 6. The Morgan fingerprint density at radius 3 is 2.37 bits per heavy atom. The first-order valence-corrected chi connectivity index (χ1v) is 16.5. The van der Waals surface area contributed by atoms with E-state index in [-0.39, 0.29) is 39.9 Å². The number of carbonyl (C=O) groups excluding carboxylic acids is 4. The minimum Gasteiger partial charge on any atom is -0.508 e. The molecule has 0 radical (unpaired) electrons. The molecule has 2 aliphatic carbocycles. The lowest BCUT2D eigenvalue weighted by Crippen LogP contribution is -2.49. The van der Waals surface area contributed by atoms with Crippen molar-refractivity contribution in [3.8, 4) is 11.5 Å². The van der Waals surface area contributed by atoms with Crippen LogP contribution in [0.3, 0.4) is 0 Å². The zero-order valence-corrected chi connectivity index (χ0v) is 28.6. The average Bonchev–Trinajstić information content (AvgIpc) is 3.45. The molecule has 2 aromatic carbocycles. The number of hydrogen-bond acceptors (Lipinski definition) is 8. The standard InChI is InChI=1S/C35H28Cl2F4N4O6/c1-34-21(31(48)44(33(34)50)15-4-9-24(38)23(37)12-15)14-19-17(28(34)20-13-16(51-3)5-10-25(20)46)6-7-18-27(19)32(49)45(30(18)47)43(2)29-22(36)8-11-26(42-29)35(39,40)41/h4-6,8-13,18-19,21,27-28,46H,7,14H2,1-3H3/t18-,19+,21-,27-,28+,34+/m0/s1. The van der Waals surface area contributed by atoms with Crippen LogP contribution >= 0.6 is 23.2 Å². The van der Waals surface area contributed by atoms with Crippen LogP contribution in [0, 0.1) is 34.9 Å². The number of imide groups is 2. The maximum absolute atomic E-state index is 14.6. The number of nitrogens with zero attached hydrogens (tertiary/aromatic N) is 4. The topological polar surface area (TPSA) is 120 Å². The van der Waals surface area contributed by atoms with Crippen molar-refractivity contribution in [1.29, 1.82) is 0 Å². The van der Waals surface area contributed by atoms with Gasteiger partial charge in [0.05, 0.1) is 46.0 Å². The molecule has 2 aliphatic heterocycles. The van der Waals surface area contributed by atoms with Crippen molar-refractivity contribution in [3.63, 3.8) is 0 Å². The normalized spacial score (nSPS) is 27.3. The van der Waals surface area contributed by atoms with E-state index in [1.807, 2.05) is 0 Å². The molecule has 3 fully saturated rings. The summed E-state index contributed by atoms with van der Waals surface area (Å²) in [6.07, 6.45) is -3.16. The molecule has 3 aromatic rings. The summed E-state index contributed by atoms with van der Waals surface area (Å²) in [4.78, 5) is 61.7. The van der Waals surface area contributed by atoms with Gasteiger partial charge in [-0.1, -0.05) is 34.9 Å². The van der Waals surface area contributed by atoms with Crippen LogP contribution in [0.15, 0.2) is 60.2 Å². The number of amides is 4. The van der Waals surface area contributed by atoms with Crippen molar-refractivity contribution in [2.24, 2.45) is 29.1 Å². The fourth-order valence-corrected chi connectivity index (χ4v) is 8.71. The molecule has 1 aromatic heterocycles. The molecule has 0 spiro atoms. The number of methoxy groups -OCH3 is 1. The Balaban J connectivity index is 1.34. The van der Waals surface area contributed by atoms with Crippen LogP contribution in [0.25, 0.3) is 0 Å². The van der Waals surface area contributed by atoms with E-state index < -0.39 is 82.1 Å². The van der Waals surface area contributed by atoms with Gasteiger partial charge in [0.15, 0.2) is 5.82 Å². The van der Waals surface area contributed by atoms with Gasteiger partial charge in [0.2, 0.25) is 11.8 Å². The third-order valence-corrected chi connectivity index (χ3v) is 11.3. The molecule has 4 amide bonds. The molecule has 16 heteroatoms. The Bertz CT molecular complexity index is 2080. The number of benzene rings is 2. The van der Waals surface area contributed by atoms with Crippen LogP contribution in [0.1, 0.15) is 36.9 Å². The highest BCUT2D eigenvalue weighted by Crippen LogP contribution is 2.64. The van der Waals surface area contributed by atoms with Gasteiger partial charge in [0.1, 0.15) is 23.0 Å². The summed E-state index contributed by atoms with van der Waals surface area (Å²) < 4.78 is 60.2. The summed E-state index contributed by atoms with van der Waals surface area (Å²) >= 11 is 12.3. The molecule has 4 aliphatic rings. The monoisotopic (exact) mass is 746 g/mol. The summed E-state index contributed by atoms with van der Waals surface area (Å²) in [5.74, 6) is -8.86. The van der Waals surface area contributed by atoms with Crippen LogP contribution in [-0.4, -0.2) is 52.9 Å². The molecular formula is C35H28Cl2F4N4O6. The fourth-order valence-electron chi connectivity index (χ4n) is 8.31.